The van der Waals surface area contributed by atoms with E-state index in [1.54, 1.807) is 44.2 Å². The van der Waals surface area contributed by atoms with Crippen molar-refractivity contribution < 1.29 is 22.7 Å². The molecule has 32 heavy (non-hydrogen) atoms. The summed E-state index contributed by atoms with van der Waals surface area (Å²) in [7, 11) is -3.98. The standard InChI is InChI=1S/C24H24ClNO5S/c1-4-6-17(7-5-2)23(27)21-16-19(25)10-13-22(21)26-32(28,29)20-11-8-18(9-12-20)24(3)30-14-15-31-24/h4-13,16,26H,1,14-15H2,2-3H3/b7-5-,17-6+. The second-order valence-electron chi connectivity index (χ2n) is 7.15. The fourth-order valence-corrected chi connectivity index (χ4v) is 4.54. The highest BCUT2D eigenvalue weighted by Crippen LogP contribution is 2.32. The number of ketones is 1. The zero-order valence-electron chi connectivity index (χ0n) is 17.8. The Morgan fingerprint density at radius 2 is 1.81 bits per heavy atom. The van der Waals surface area contributed by atoms with Crippen molar-refractivity contribution >= 4 is 33.1 Å². The molecule has 0 radical (unpaired) electrons. The maximum absolute atomic E-state index is 13.1. The molecule has 168 valence electrons. The van der Waals surface area contributed by atoms with Crippen LogP contribution in [-0.2, 0) is 25.3 Å². The van der Waals surface area contributed by atoms with E-state index in [1.807, 2.05) is 0 Å². The lowest BCUT2D eigenvalue weighted by atomic mass is 10.0. The van der Waals surface area contributed by atoms with E-state index in [0.29, 0.717) is 29.4 Å². The van der Waals surface area contributed by atoms with Gasteiger partial charge < -0.3 is 9.47 Å². The minimum atomic E-state index is -3.98. The second-order valence-corrected chi connectivity index (χ2v) is 9.27. The molecule has 0 atom stereocenters. The summed E-state index contributed by atoms with van der Waals surface area (Å²) in [5, 5.41) is 0.309. The third-order valence-corrected chi connectivity index (χ3v) is 6.52. The van der Waals surface area contributed by atoms with Crippen LogP contribution in [-0.4, -0.2) is 27.4 Å². The van der Waals surface area contributed by atoms with Crippen LogP contribution >= 0.6 is 11.6 Å². The van der Waals surface area contributed by atoms with Crippen molar-refractivity contribution in [3.63, 3.8) is 0 Å². The van der Waals surface area contributed by atoms with E-state index in [9.17, 15) is 13.2 Å². The average molecular weight is 474 g/mol. The van der Waals surface area contributed by atoms with Crippen LogP contribution in [0.15, 0.2) is 83.8 Å². The molecule has 3 rings (SSSR count). The van der Waals surface area contributed by atoms with Crippen molar-refractivity contribution in [2.75, 3.05) is 17.9 Å². The van der Waals surface area contributed by atoms with Crippen LogP contribution < -0.4 is 4.72 Å². The number of hydrogen-bond acceptors (Lipinski definition) is 5. The maximum Gasteiger partial charge on any atom is 0.261 e. The first-order valence-corrected chi connectivity index (χ1v) is 11.8. The van der Waals surface area contributed by atoms with Gasteiger partial charge in [0.2, 0.25) is 0 Å². The summed E-state index contributed by atoms with van der Waals surface area (Å²) in [4.78, 5) is 13.1. The Labute approximate surface area is 193 Å². The lowest BCUT2D eigenvalue weighted by Crippen LogP contribution is -2.22. The molecule has 1 fully saturated rings. The fourth-order valence-electron chi connectivity index (χ4n) is 3.28. The summed E-state index contributed by atoms with van der Waals surface area (Å²) in [6, 6.07) is 10.6. The van der Waals surface area contributed by atoms with E-state index in [4.69, 9.17) is 21.1 Å². The molecule has 0 amide bonds. The molecule has 0 bridgehead atoms. The molecule has 1 N–H and O–H groups in total. The molecule has 0 aromatic heterocycles. The summed E-state index contributed by atoms with van der Waals surface area (Å²) in [6.07, 6.45) is 6.37. The first-order valence-electron chi connectivity index (χ1n) is 9.91. The minimum absolute atomic E-state index is 0.0338. The van der Waals surface area contributed by atoms with Gasteiger partial charge in [-0.3, -0.25) is 9.52 Å². The molecule has 0 spiro atoms. The van der Waals surface area contributed by atoms with Crippen LogP contribution in [0.1, 0.15) is 29.8 Å². The number of rotatable bonds is 8. The van der Waals surface area contributed by atoms with Gasteiger partial charge in [-0.2, -0.15) is 0 Å². The smallest absolute Gasteiger partial charge is 0.261 e. The maximum atomic E-state index is 13.1. The largest absolute Gasteiger partial charge is 0.344 e. The van der Waals surface area contributed by atoms with Gasteiger partial charge in [-0.1, -0.05) is 54.6 Å². The highest BCUT2D eigenvalue weighted by molar-refractivity contribution is 7.92. The van der Waals surface area contributed by atoms with Crippen LogP contribution in [0.5, 0.6) is 0 Å². The highest BCUT2D eigenvalue weighted by Gasteiger charge is 2.33. The van der Waals surface area contributed by atoms with Crippen LogP contribution in [0, 0.1) is 0 Å². The number of halogens is 1. The highest BCUT2D eigenvalue weighted by atomic mass is 35.5. The van der Waals surface area contributed by atoms with Crippen molar-refractivity contribution in [3.05, 3.63) is 95.1 Å². The van der Waals surface area contributed by atoms with Crippen LogP contribution in [0.3, 0.4) is 0 Å². The Kier molecular flexibility index (Phi) is 7.36. The monoisotopic (exact) mass is 473 g/mol. The molecule has 1 aliphatic rings. The molecular weight excluding hydrogens is 450 g/mol. The Morgan fingerprint density at radius 1 is 1.16 bits per heavy atom. The van der Waals surface area contributed by atoms with Crippen LogP contribution in [0.25, 0.3) is 0 Å². The van der Waals surface area contributed by atoms with Gasteiger partial charge in [0.15, 0.2) is 11.6 Å². The lowest BCUT2D eigenvalue weighted by Gasteiger charge is -2.22. The minimum Gasteiger partial charge on any atom is -0.344 e. The Balaban J connectivity index is 1.93. The Bertz CT molecular complexity index is 1180. The number of anilines is 1. The molecule has 1 saturated heterocycles. The number of sulfonamides is 1. The van der Waals surface area contributed by atoms with Crippen molar-refractivity contribution in [2.45, 2.75) is 24.5 Å². The van der Waals surface area contributed by atoms with Crippen molar-refractivity contribution in [1.29, 1.82) is 0 Å². The summed E-state index contributed by atoms with van der Waals surface area (Å²) in [6.45, 7) is 8.13. The number of ether oxygens (including phenoxy) is 2. The zero-order valence-corrected chi connectivity index (χ0v) is 19.4. The van der Waals surface area contributed by atoms with Gasteiger partial charge in [0.1, 0.15) is 0 Å². The van der Waals surface area contributed by atoms with Crippen LogP contribution in [0.4, 0.5) is 5.69 Å². The first-order chi connectivity index (χ1) is 15.2. The molecule has 0 unspecified atom stereocenters. The first kappa shape index (κ1) is 23.9. The van der Waals surface area contributed by atoms with Gasteiger partial charge in [0.05, 0.1) is 23.8 Å². The number of benzene rings is 2. The van der Waals surface area contributed by atoms with Crippen molar-refractivity contribution in [1.82, 2.24) is 0 Å². The number of Topliss-reactive ketones (excluding diaryl/α,β-unsaturated/α-hetero) is 1. The molecule has 0 aliphatic carbocycles. The molecular formula is C24H24ClNO5S. The molecule has 1 aliphatic heterocycles. The molecule has 1 heterocycles. The summed E-state index contributed by atoms with van der Waals surface area (Å²) < 4.78 is 39.8. The normalized spacial score (nSPS) is 16.3. The fraction of sp³-hybridized carbons (Fsp3) is 0.208. The van der Waals surface area contributed by atoms with Gasteiger partial charge in [-0.15, -0.1) is 0 Å². The van der Waals surface area contributed by atoms with Crippen LogP contribution in [0.2, 0.25) is 5.02 Å². The van der Waals surface area contributed by atoms with Gasteiger partial charge in [-0.25, -0.2) is 8.42 Å². The van der Waals surface area contributed by atoms with Gasteiger partial charge in [0, 0.05) is 21.7 Å². The number of carbonyl (C=O) groups is 1. The molecule has 8 heteroatoms. The Hall–Kier alpha value is -2.71. The van der Waals surface area contributed by atoms with E-state index in [-0.39, 0.29) is 21.9 Å². The predicted molar refractivity (Wildman–Crippen MR) is 125 cm³/mol. The third-order valence-electron chi connectivity index (χ3n) is 4.90. The SMILES string of the molecule is C=C/C=C(\C=C/C)C(=O)c1cc(Cl)ccc1NS(=O)(=O)c1ccc(C2(C)OCCO2)cc1. The number of carbonyl (C=O) groups excluding carboxylic acids is 1. The number of nitrogens with one attached hydrogen (secondary N) is 1. The average Bonchev–Trinajstić information content (AvgIpc) is 3.22. The third kappa shape index (κ3) is 5.19. The molecule has 2 aromatic carbocycles. The van der Waals surface area contributed by atoms with Gasteiger partial charge in [-0.05, 0) is 44.2 Å². The van der Waals surface area contributed by atoms with E-state index in [2.05, 4.69) is 11.3 Å². The van der Waals surface area contributed by atoms with E-state index < -0.39 is 15.8 Å². The zero-order chi connectivity index (χ0) is 23.4. The number of hydrogen-bond donors (Lipinski definition) is 1. The van der Waals surface area contributed by atoms with E-state index >= 15 is 0 Å². The second kappa shape index (κ2) is 9.83. The Morgan fingerprint density at radius 3 is 2.41 bits per heavy atom. The summed E-state index contributed by atoms with van der Waals surface area (Å²) in [5.41, 5.74) is 1.31. The molecule has 2 aromatic rings. The molecule has 6 nitrogen and oxygen atoms in total. The number of allylic oxidation sites excluding steroid dienone is 5. The predicted octanol–water partition coefficient (Wildman–Crippen LogP) is 5.23. The quantitative estimate of drug-likeness (QED) is 0.322. The van der Waals surface area contributed by atoms with Gasteiger partial charge >= 0.3 is 0 Å². The summed E-state index contributed by atoms with van der Waals surface area (Å²) in [5.74, 6) is -1.28. The van der Waals surface area contributed by atoms with Crippen molar-refractivity contribution in [2.24, 2.45) is 0 Å². The molecule has 0 saturated carbocycles. The van der Waals surface area contributed by atoms with Crippen molar-refractivity contribution in [3.8, 4) is 0 Å². The van der Waals surface area contributed by atoms with Gasteiger partial charge in [0.25, 0.3) is 10.0 Å². The van der Waals surface area contributed by atoms with E-state index in [1.165, 1.54) is 36.4 Å². The van der Waals surface area contributed by atoms with E-state index in [0.717, 1.165) is 0 Å². The topological polar surface area (TPSA) is 81.7 Å². The summed E-state index contributed by atoms with van der Waals surface area (Å²) >= 11 is 6.09. The lowest BCUT2D eigenvalue weighted by molar-refractivity contribution is -0.149.